The second kappa shape index (κ2) is 8.82. The van der Waals surface area contributed by atoms with Gasteiger partial charge in [0.1, 0.15) is 22.3 Å². The van der Waals surface area contributed by atoms with Crippen molar-refractivity contribution in [1.82, 2.24) is 0 Å². The van der Waals surface area contributed by atoms with Crippen LogP contribution in [0.5, 0.6) is 0 Å². The van der Waals surface area contributed by atoms with Gasteiger partial charge in [-0.25, -0.2) is 0 Å². The van der Waals surface area contributed by atoms with Crippen LogP contribution in [-0.4, -0.2) is 0 Å². The van der Waals surface area contributed by atoms with Gasteiger partial charge in [-0.3, -0.25) is 0 Å². The van der Waals surface area contributed by atoms with E-state index in [1.807, 2.05) is 12.1 Å². The van der Waals surface area contributed by atoms with Crippen LogP contribution in [-0.2, 0) is 0 Å². The first-order valence-electron chi connectivity index (χ1n) is 15.0. The standard InChI is InChI=1S/C42H24O2/c1-2-10-26-23-27(18-17-25(26)9-1)39-29-11-3-5-13-31(29)40(32-14-6-4-12-30(32)39)28-19-21-37-35(24-28)33-20-22-38-41(42(33)44-37)34-15-7-8-16-36(34)43-38/h1-24H. The molecule has 0 bridgehead atoms. The summed E-state index contributed by atoms with van der Waals surface area (Å²) < 4.78 is 12.7. The Labute approximate surface area is 252 Å². The number of hydrogen-bond acceptors (Lipinski definition) is 2. The summed E-state index contributed by atoms with van der Waals surface area (Å²) in [4.78, 5) is 0. The molecule has 10 aromatic rings. The van der Waals surface area contributed by atoms with Crippen molar-refractivity contribution in [3.63, 3.8) is 0 Å². The molecule has 2 heteroatoms. The van der Waals surface area contributed by atoms with Crippen LogP contribution in [0.4, 0.5) is 0 Å². The van der Waals surface area contributed by atoms with Crippen molar-refractivity contribution in [2.24, 2.45) is 0 Å². The van der Waals surface area contributed by atoms with Crippen LogP contribution < -0.4 is 0 Å². The van der Waals surface area contributed by atoms with Crippen LogP contribution in [0.25, 0.3) is 98.4 Å². The second-order valence-electron chi connectivity index (χ2n) is 11.6. The van der Waals surface area contributed by atoms with Crippen LogP contribution in [0.2, 0.25) is 0 Å². The van der Waals surface area contributed by atoms with E-state index in [4.69, 9.17) is 8.83 Å². The van der Waals surface area contributed by atoms with E-state index < -0.39 is 0 Å². The molecule has 2 aromatic heterocycles. The van der Waals surface area contributed by atoms with Gasteiger partial charge in [-0.05, 0) is 91.0 Å². The molecule has 44 heavy (non-hydrogen) atoms. The van der Waals surface area contributed by atoms with Crippen molar-refractivity contribution in [3.05, 3.63) is 146 Å². The van der Waals surface area contributed by atoms with Crippen LogP contribution in [0.1, 0.15) is 0 Å². The molecule has 0 unspecified atom stereocenters. The highest BCUT2D eigenvalue weighted by Gasteiger charge is 2.19. The van der Waals surface area contributed by atoms with E-state index in [-0.39, 0.29) is 0 Å². The van der Waals surface area contributed by atoms with Gasteiger partial charge >= 0.3 is 0 Å². The number of benzene rings is 8. The molecular weight excluding hydrogens is 536 g/mol. The van der Waals surface area contributed by atoms with Crippen molar-refractivity contribution in [1.29, 1.82) is 0 Å². The zero-order valence-electron chi connectivity index (χ0n) is 23.7. The summed E-state index contributed by atoms with van der Waals surface area (Å²) >= 11 is 0. The third-order valence-electron chi connectivity index (χ3n) is 9.24. The molecule has 2 nitrogen and oxygen atoms in total. The molecule has 8 aromatic carbocycles. The normalized spacial score (nSPS) is 12.1. The van der Waals surface area contributed by atoms with Crippen molar-refractivity contribution in [3.8, 4) is 22.3 Å². The number of furan rings is 2. The van der Waals surface area contributed by atoms with Crippen molar-refractivity contribution in [2.75, 3.05) is 0 Å². The molecule has 0 N–H and O–H groups in total. The molecule has 0 fully saturated rings. The van der Waals surface area contributed by atoms with Crippen LogP contribution in [0, 0.1) is 0 Å². The fourth-order valence-corrected chi connectivity index (χ4v) is 7.29. The summed E-state index contributed by atoms with van der Waals surface area (Å²) in [7, 11) is 0. The first-order valence-corrected chi connectivity index (χ1v) is 15.0. The Morgan fingerprint density at radius 3 is 1.59 bits per heavy atom. The van der Waals surface area contributed by atoms with Crippen LogP contribution in [0.3, 0.4) is 0 Å². The molecule has 2 heterocycles. The Morgan fingerprint density at radius 2 is 0.864 bits per heavy atom. The zero-order valence-corrected chi connectivity index (χ0v) is 23.7. The molecule has 0 aliphatic rings. The monoisotopic (exact) mass is 560 g/mol. The van der Waals surface area contributed by atoms with Crippen LogP contribution >= 0.6 is 0 Å². The molecule has 10 rings (SSSR count). The Bertz CT molecular complexity index is 2720. The van der Waals surface area contributed by atoms with E-state index >= 15 is 0 Å². The maximum absolute atomic E-state index is 6.55. The first-order chi connectivity index (χ1) is 21.8. The van der Waals surface area contributed by atoms with Crippen molar-refractivity contribution in [2.45, 2.75) is 0 Å². The Kier molecular flexibility index (Phi) is 4.75. The Hall–Kier alpha value is -5.86. The lowest BCUT2D eigenvalue weighted by molar-refractivity contribution is 0.663. The quantitative estimate of drug-likeness (QED) is 0.197. The minimum atomic E-state index is 0.847. The van der Waals surface area contributed by atoms with E-state index in [2.05, 4.69) is 133 Å². The average Bonchev–Trinajstić information content (AvgIpc) is 3.65. The minimum Gasteiger partial charge on any atom is -0.456 e. The van der Waals surface area contributed by atoms with E-state index in [1.54, 1.807) is 0 Å². The fourth-order valence-electron chi connectivity index (χ4n) is 7.29. The van der Waals surface area contributed by atoms with Gasteiger partial charge in [0.05, 0.1) is 5.39 Å². The maximum Gasteiger partial charge on any atom is 0.147 e. The molecular formula is C42H24O2. The number of fused-ring (bicyclic) bond motifs is 10. The van der Waals surface area contributed by atoms with Gasteiger partial charge in [0.15, 0.2) is 0 Å². The van der Waals surface area contributed by atoms with Gasteiger partial charge in [-0.1, -0.05) is 109 Å². The third-order valence-corrected chi connectivity index (χ3v) is 9.24. The average molecular weight is 561 g/mol. The fraction of sp³-hybridized carbons (Fsp3) is 0. The molecule has 0 spiro atoms. The van der Waals surface area contributed by atoms with Crippen molar-refractivity contribution >= 4 is 76.2 Å². The maximum atomic E-state index is 6.55. The second-order valence-corrected chi connectivity index (χ2v) is 11.6. The molecule has 0 radical (unpaired) electrons. The lowest BCUT2D eigenvalue weighted by Crippen LogP contribution is -1.91. The van der Waals surface area contributed by atoms with E-state index in [9.17, 15) is 0 Å². The molecule has 0 saturated carbocycles. The van der Waals surface area contributed by atoms with Crippen molar-refractivity contribution < 1.29 is 8.83 Å². The molecule has 0 aliphatic carbocycles. The third kappa shape index (κ3) is 3.25. The smallest absolute Gasteiger partial charge is 0.147 e. The summed E-state index contributed by atoms with van der Waals surface area (Å²) in [6.45, 7) is 0. The van der Waals surface area contributed by atoms with Gasteiger partial charge in [-0.15, -0.1) is 0 Å². The Balaban J connectivity index is 1.27. The van der Waals surface area contributed by atoms with E-state index in [0.29, 0.717) is 0 Å². The van der Waals surface area contributed by atoms with Gasteiger partial charge in [0, 0.05) is 16.2 Å². The Morgan fingerprint density at radius 1 is 0.318 bits per heavy atom. The largest absolute Gasteiger partial charge is 0.456 e. The summed E-state index contributed by atoms with van der Waals surface area (Å²) in [6.07, 6.45) is 0. The summed E-state index contributed by atoms with van der Waals surface area (Å²) in [6, 6.07) is 52.1. The topological polar surface area (TPSA) is 26.3 Å². The minimum absolute atomic E-state index is 0.847. The van der Waals surface area contributed by atoms with Gasteiger partial charge in [0.25, 0.3) is 0 Å². The lowest BCUT2D eigenvalue weighted by Gasteiger charge is -2.18. The number of para-hydroxylation sites is 1. The lowest BCUT2D eigenvalue weighted by atomic mass is 9.85. The highest BCUT2D eigenvalue weighted by molar-refractivity contribution is 6.24. The molecule has 204 valence electrons. The molecule has 0 amide bonds. The van der Waals surface area contributed by atoms with Gasteiger partial charge in [-0.2, -0.15) is 0 Å². The first kappa shape index (κ1) is 23.7. The highest BCUT2D eigenvalue weighted by atomic mass is 16.3. The highest BCUT2D eigenvalue weighted by Crippen LogP contribution is 2.46. The number of hydrogen-bond donors (Lipinski definition) is 0. The molecule has 0 saturated heterocycles. The molecule has 0 atom stereocenters. The SMILES string of the molecule is c1ccc2cc(-c3c4ccccc4c(-c4ccc5oc6c(ccc7oc8ccccc8c76)c5c4)c4ccccc34)ccc2c1. The molecule has 0 aliphatic heterocycles. The van der Waals surface area contributed by atoms with E-state index in [0.717, 1.165) is 43.9 Å². The summed E-state index contributed by atoms with van der Waals surface area (Å²) in [5.41, 5.74) is 8.40. The summed E-state index contributed by atoms with van der Waals surface area (Å²) in [5, 5.41) is 11.8. The summed E-state index contributed by atoms with van der Waals surface area (Å²) in [5.74, 6) is 0. The van der Waals surface area contributed by atoms with E-state index in [1.165, 1.54) is 54.6 Å². The number of rotatable bonds is 2. The van der Waals surface area contributed by atoms with Gasteiger partial charge in [0.2, 0.25) is 0 Å². The van der Waals surface area contributed by atoms with Gasteiger partial charge < -0.3 is 8.83 Å². The predicted octanol–water partition coefficient (Wildman–Crippen LogP) is 12.3. The zero-order chi connectivity index (χ0) is 28.8. The predicted molar refractivity (Wildman–Crippen MR) is 184 cm³/mol. The van der Waals surface area contributed by atoms with Crippen LogP contribution in [0.15, 0.2) is 154 Å².